The molecule has 2 aromatic carbocycles. The zero-order valence-corrected chi connectivity index (χ0v) is 17.5. The van der Waals surface area contributed by atoms with Gasteiger partial charge in [0.2, 0.25) is 0 Å². The van der Waals surface area contributed by atoms with Gasteiger partial charge in [-0.2, -0.15) is 18.3 Å². The Morgan fingerprint density at radius 2 is 1.58 bits per heavy atom. The highest BCUT2D eigenvalue weighted by Gasteiger charge is 2.33. The molecule has 0 unspecified atom stereocenters. The number of nitrogens with one attached hydrogen (secondary N) is 1. The van der Waals surface area contributed by atoms with Crippen molar-refractivity contribution in [3.05, 3.63) is 83.2 Å². The molecule has 0 radical (unpaired) electrons. The maximum Gasteiger partial charge on any atom is 0.435 e. The van der Waals surface area contributed by atoms with Crippen LogP contribution in [0.1, 0.15) is 41.0 Å². The Labute approximate surface area is 179 Å². The van der Waals surface area contributed by atoms with Crippen molar-refractivity contribution in [3.63, 3.8) is 0 Å². The summed E-state index contributed by atoms with van der Waals surface area (Å²) in [5, 5.41) is 6.41. The number of aromatic nitrogens is 2. The van der Waals surface area contributed by atoms with Crippen LogP contribution in [0.3, 0.4) is 0 Å². The van der Waals surface area contributed by atoms with Gasteiger partial charge in [-0.3, -0.25) is 9.69 Å². The third kappa shape index (κ3) is 5.95. The van der Waals surface area contributed by atoms with Crippen molar-refractivity contribution in [2.75, 3.05) is 13.1 Å². The van der Waals surface area contributed by atoms with E-state index in [2.05, 4.69) is 29.2 Å². The van der Waals surface area contributed by atoms with Gasteiger partial charge >= 0.3 is 6.18 Å². The van der Waals surface area contributed by atoms with Crippen LogP contribution in [0.25, 0.3) is 5.69 Å². The summed E-state index contributed by atoms with van der Waals surface area (Å²) in [5.74, 6) is -0.180. The summed E-state index contributed by atoms with van der Waals surface area (Å²) in [4.78, 5) is 14.7. The van der Waals surface area contributed by atoms with Gasteiger partial charge in [-0.1, -0.05) is 38.1 Å². The molecule has 8 heteroatoms. The molecule has 1 N–H and O–H groups in total. The molecule has 164 valence electrons. The molecule has 31 heavy (non-hydrogen) atoms. The number of halogens is 3. The molecule has 0 spiro atoms. The zero-order valence-electron chi connectivity index (χ0n) is 17.5. The first-order valence-corrected chi connectivity index (χ1v) is 10.1. The van der Waals surface area contributed by atoms with Gasteiger partial charge in [-0.25, -0.2) is 4.68 Å². The Bertz CT molecular complexity index is 991. The lowest BCUT2D eigenvalue weighted by Crippen LogP contribution is -2.23. The molecular formula is C23H25F3N4O. The standard InChI is InChI=1S/C23H25F3N4O/c1-3-29(4-2)16-18-5-9-19(10-6-18)22(31)27-15-17-7-11-20(12-8-17)30-14-13-21(28-30)23(24,25)26/h5-14H,3-4,15-16H2,1-2H3,(H,27,31). The second kappa shape index (κ2) is 9.78. The smallest absolute Gasteiger partial charge is 0.348 e. The lowest BCUT2D eigenvalue weighted by molar-refractivity contribution is -0.141. The summed E-state index contributed by atoms with van der Waals surface area (Å²) in [5.41, 5.74) is 2.14. The van der Waals surface area contributed by atoms with Crippen LogP contribution in [0, 0.1) is 0 Å². The van der Waals surface area contributed by atoms with Crippen molar-refractivity contribution in [1.29, 1.82) is 0 Å². The van der Waals surface area contributed by atoms with Gasteiger partial charge in [0, 0.05) is 24.8 Å². The van der Waals surface area contributed by atoms with E-state index in [9.17, 15) is 18.0 Å². The number of alkyl halides is 3. The summed E-state index contributed by atoms with van der Waals surface area (Å²) >= 11 is 0. The number of hydrogen-bond donors (Lipinski definition) is 1. The molecule has 0 atom stereocenters. The summed E-state index contributed by atoms with van der Waals surface area (Å²) in [6.07, 6.45) is -3.21. The lowest BCUT2D eigenvalue weighted by Gasteiger charge is -2.18. The summed E-state index contributed by atoms with van der Waals surface area (Å²) in [6, 6.07) is 15.3. The maximum absolute atomic E-state index is 12.7. The van der Waals surface area contributed by atoms with Gasteiger partial charge in [0.1, 0.15) is 0 Å². The van der Waals surface area contributed by atoms with E-state index >= 15 is 0 Å². The monoisotopic (exact) mass is 430 g/mol. The minimum atomic E-state index is -4.47. The SMILES string of the molecule is CCN(CC)Cc1ccc(C(=O)NCc2ccc(-n3ccc(C(F)(F)F)n3)cc2)cc1. The van der Waals surface area contributed by atoms with Gasteiger partial charge in [0.25, 0.3) is 5.91 Å². The predicted molar refractivity (Wildman–Crippen MR) is 113 cm³/mol. The maximum atomic E-state index is 12.7. The number of benzene rings is 2. The van der Waals surface area contributed by atoms with E-state index in [-0.39, 0.29) is 5.91 Å². The second-order valence-electron chi connectivity index (χ2n) is 7.15. The van der Waals surface area contributed by atoms with Crippen LogP contribution in [-0.2, 0) is 19.3 Å². The van der Waals surface area contributed by atoms with E-state index in [4.69, 9.17) is 0 Å². The van der Waals surface area contributed by atoms with Crippen molar-refractivity contribution >= 4 is 5.91 Å². The molecule has 3 aromatic rings. The Morgan fingerprint density at radius 1 is 0.968 bits per heavy atom. The van der Waals surface area contributed by atoms with Crippen molar-refractivity contribution < 1.29 is 18.0 Å². The minimum Gasteiger partial charge on any atom is -0.348 e. The number of nitrogens with zero attached hydrogens (tertiary/aromatic N) is 3. The van der Waals surface area contributed by atoms with Gasteiger partial charge in [0.05, 0.1) is 5.69 Å². The Hall–Kier alpha value is -3.13. The number of carbonyl (C=O) groups is 1. The molecule has 0 bridgehead atoms. The van der Waals surface area contributed by atoms with Gasteiger partial charge in [-0.05, 0) is 54.5 Å². The van der Waals surface area contributed by atoms with Crippen molar-refractivity contribution in [2.24, 2.45) is 0 Å². The molecule has 0 aliphatic carbocycles. The average molecular weight is 430 g/mol. The molecule has 0 saturated heterocycles. The zero-order chi connectivity index (χ0) is 22.4. The Balaban J connectivity index is 1.56. The number of amides is 1. The van der Waals surface area contributed by atoms with E-state index in [1.165, 1.54) is 10.9 Å². The Morgan fingerprint density at radius 3 is 2.13 bits per heavy atom. The first-order chi connectivity index (χ1) is 14.8. The van der Waals surface area contributed by atoms with Crippen molar-refractivity contribution in [3.8, 4) is 5.69 Å². The third-order valence-electron chi connectivity index (χ3n) is 5.05. The molecule has 0 aliphatic heterocycles. The van der Waals surface area contributed by atoms with Crippen LogP contribution in [0.5, 0.6) is 0 Å². The predicted octanol–water partition coefficient (Wildman–Crippen LogP) is 4.66. The van der Waals surface area contributed by atoms with Gasteiger partial charge in [0.15, 0.2) is 5.69 Å². The molecular weight excluding hydrogens is 405 g/mol. The lowest BCUT2D eigenvalue weighted by atomic mass is 10.1. The minimum absolute atomic E-state index is 0.180. The fraction of sp³-hybridized carbons (Fsp3) is 0.304. The Kier molecular flexibility index (Phi) is 7.12. The largest absolute Gasteiger partial charge is 0.435 e. The number of hydrogen-bond acceptors (Lipinski definition) is 3. The number of rotatable bonds is 8. The quantitative estimate of drug-likeness (QED) is 0.565. The second-order valence-corrected chi connectivity index (χ2v) is 7.15. The summed E-state index contributed by atoms with van der Waals surface area (Å²) < 4.78 is 39.2. The van der Waals surface area contributed by atoms with Gasteiger partial charge < -0.3 is 5.32 Å². The fourth-order valence-corrected chi connectivity index (χ4v) is 3.14. The summed E-state index contributed by atoms with van der Waals surface area (Å²) in [6.45, 7) is 7.34. The van der Waals surface area contributed by atoms with Crippen LogP contribution < -0.4 is 5.32 Å². The highest BCUT2D eigenvalue weighted by molar-refractivity contribution is 5.94. The van der Waals surface area contributed by atoms with Gasteiger partial charge in [-0.15, -0.1) is 0 Å². The van der Waals surface area contributed by atoms with E-state index in [0.717, 1.165) is 36.8 Å². The fourth-order valence-electron chi connectivity index (χ4n) is 3.14. The van der Waals surface area contributed by atoms with E-state index < -0.39 is 11.9 Å². The normalized spacial score (nSPS) is 11.7. The molecule has 0 saturated carbocycles. The topological polar surface area (TPSA) is 50.2 Å². The van der Waals surface area contributed by atoms with Crippen LogP contribution in [0.4, 0.5) is 13.2 Å². The van der Waals surface area contributed by atoms with Crippen LogP contribution in [0.2, 0.25) is 0 Å². The molecule has 5 nitrogen and oxygen atoms in total. The average Bonchev–Trinajstić information content (AvgIpc) is 3.27. The van der Waals surface area contributed by atoms with E-state index in [0.29, 0.717) is 17.8 Å². The number of carbonyl (C=O) groups excluding carboxylic acids is 1. The van der Waals surface area contributed by atoms with Crippen LogP contribution in [-0.4, -0.2) is 33.7 Å². The van der Waals surface area contributed by atoms with Crippen LogP contribution >= 0.6 is 0 Å². The van der Waals surface area contributed by atoms with E-state index in [1.54, 1.807) is 24.3 Å². The highest BCUT2D eigenvalue weighted by atomic mass is 19.4. The molecule has 1 amide bonds. The third-order valence-corrected chi connectivity index (χ3v) is 5.05. The first kappa shape index (κ1) is 22.6. The van der Waals surface area contributed by atoms with Crippen molar-refractivity contribution in [1.82, 2.24) is 20.0 Å². The summed E-state index contributed by atoms with van der Waals surface area (Å²) in [7, 11) is 0. The molecule has 0 aliphatic rings. The molecule has 1 aromatic heterocycles. The van der Waals surface area contributed by atoms with Crippen LogP contribution in [0.15, 0.2) is 60.8 Å². The molecule has 1 heterocycles. The highest BCUT2D eigenvalue weighted by Crippen LogP contribution is 2.27. The first-order valence-electron chi connectivity index (χ1n) is 10.1. The molecule has 3 rings (SSSR count). The molecule has 0 fully saturated rings. The van der Waals surface area contributed by atoms with Crippen molar-refractivity contribution in [2.45, 2.75) is 33.1 Å². The van der Waals surface area contributed by atoms with E-state index in [1.807, 2.05) is 24.3 Å².